The van der Waals surface area contributed by atoms with E-state index < -0.39 is 97.5 Å². The zero-order valence-corrected chi connectivity index (χ0v) is 59.5. The van der Waals surface area contributed by atoms with Gasteiger partial charge in [-0.2, -0.15) is 0 Å². The zero-order valence-electron chi connectivity index (χ0n) is 57.7. The van der Waals surface area contributed by atoms with Gasteiger partial charge in [0, 0.05) is 25.7 Å². The van der Waals surface area contributed by atoms with Crippen molar-refractivity contribution in [1.29, 1.82) is 0 Å². The van der Waals surface area contributed by atoms with Gasteiger partial charge in [0.25, 0.3) is 0 Å². The number of aliphatic hydroxyl groups is 1. The summed E-state index contributed by atoms with van der Waals surface area (Å²) >= 11 is 0. The number of phosphoric ester groups is 2. The molecule has 0 spiro atoms. The van der Waals surface area contributed by atoms with Crippen LogP contribution in [0.15, 0.2) is 0 Å². The Morgan fingerprint density at radius 3 is 0.854 bits per heavy atom. The number of carbonyl (C=O) groups excluding carboxylic acids is 4. The van der Waals surface area contributed by atoms with Crippen LogP contribution in [0.1, 0.15) is 356 Å². The molecule has 0 saturated heterocycles. The van der Waals surface area contributed by atoms with Crippen molar-refractivity contribution in [2.24, 2.45) is 11.8 Å². The van der Waals surface area contributed by atoms with Crippen LogP contribution in [-0.2, 0) is 65.4 Å². The lowest BCUT2D eigenvalue weighted by atomic mass is 9.99. The van der Waals surface area contributed by atoms with Crippen molar-refractivity contribution in [3.63, 3.8) is 0 Å². The quantitative estimate of drug-likeness (QED) is 0.0222. The number of aliphatic hydroxyl groups excluding tert-OH is 1. The molecule has 89 heavy (non-hydrogen) atoms. The molecular formula is C70H136O17P2. The molecule has 0 aromatic heterocycles. The van der Waals surface area contributed by atoms with Gasteiger partial charge in [0.05, 0.1) is 26.4 Å². The topological polar surface area (TPSA) is 237 Å². The predicted molar refractivity (Wildman–Crippen MR) is 358 cm³/mol. The molecule has 0 bridgehead atoms. The number of carbonyl (C=O) groups is 4. The molecule has 0 aromatic rings. The third-order valence-corrected chi connectivity index (χ3v) is 18.5. The third kappa shape index (κ3) is 63.2. The predicted octanol–water partition coefficient (Wildman–Crippen LogP) is 20.0. The minimum absolute atomic E-state index is 0.107. The van der Waals surface area contributed by atoms with Crippen molar-refractivity contribution < 1.29 is 80.2 Å². The van der Waals surface area contributed by atoms with Crippen LogP contribution in [0, 0.1) is 11.8 Å². The molecule has 0 fully saturated rings. The third-order valence-electron chi connectivity index (χ3n) is 16.6. The summed E-state index contributed by atoms with van der Waals surface area (Å²) in [6.45, 7) is 9.54. The zero-order chi connectivity index (χ0) is 65.7. The molecule has 17 nitrogen and oxygen atoms in total. The molecule has 0 aliphatic carbocycles. The van der Waals surface area contributed by atoms with Crippen molar-refractivity contribution in [3.05, 3.63) is 0 Å². The maximum Gasteiger partial charge on any atom is 0.472 e. The van der Waals surface area contributed by atoms with Crippen LogP contribution in [-0.4, -0.2) is 96.7 Å². The molecule has 3 unspecified atom stereocenters. The monoisotopic (exact) mass is 1310 g/mol. The van der Waals surface area contributed by atoms with E-state index in [1.807, 2.05) is 0 Å². The highest BCUT2D eigenvalue weighted by molar-refractivity contribution is 7.47. The Hall–Kier alpha value is -1.94. The van der Waals surface area contributed by atoms with Crippen molar-refractivity contribution >= 4 is 39.5 Å². The first-order valence-corrected chi connectivity index (χ1v) is 39.5. The Bertz CT molecular complexity index is 1740. The molecule has 0 aromatic carbocycles. The maximum atomic E-state index is 13.0. The smallest absolute Gasteiger partial charge is 0.462 e. The summed E-state index contributed by atoms with van der Waals surface area (Å²) in [5.74, 6) is -0.538. The standard InChI is InChI=1S/C70H136O17P2/c1-7-10-12-14-16-17-18-24-29-36-42-48-54-69(74)86-65(58-80-67(72)52-46-40-32-15-13-11-8-2)60-84-88(76,77)82-56-64(71)57-83-89(78,79)85-61-66(59-81-68(73)53-47-41-35-31-26-27-33-38-44-50-62(4)5)87-70(75)55-49-43-37-30-25-22-20-19-21-23-28-34-39-45-51-63(6)9-3/h62-66,71H,7-61H2,1-6H3,(H,76,77)(H,78,79)/t63?,64-,65+,66+/m0/s1. The van der Waals surface area contributed by atoms with Crippen LogP contribution >= 0.6 is 15.6 Å². The molecule has 0 saturated carbocycles. The average Bonchev–Trinajstić information content (AvgIpc) is 3.64. The summed E-state index contributed by atoms with van der Waals surface area (Å²) in [5, 5.41) is 10.6. The molecule has 0 aliphatic heterocycles. The molecule has 528 valence electrons. The Labute approximate surface area is 543 Å². The van der Waals surface area contributed by atoms with Gasteiger partial charge in [-0.25, -0.2) is 9.13 Å². The second kappa shape index (κ2) is 62.2. The second-order valence-corrected chi connectivity index (χ2v) is 28.9. The first-order valence-electron chi connectivity index (χ1n) is 36.5. The highest BCUT2D eigenvalue weighted by Crippen LogP contribution is 2.45. The van der Waals surface area contributed by atoms with E-state index in [0.717, 1.165) is 115 Å². The summed E-state index contributed by atoms with van der Waals surface area (Å²) in [5.41, 5.74) is 0. The number of phosphoric acid groups is 2. The number of hydrogen-bond donors (Lipinski definition) is 3. The normalized spacial score (nSPS) is 14.4. The van der Waals surface area contributed by atoms with Crippen LogP contribution in [0.25, 0.3) is 0 Å². The maximum absolute atomic E-state index is 13.0. The van der Waals surface area contributed by atoms with Crippen LogP contribution < -0.4 is 0 Å². The first-order chi connectivity index (χ1) is 42.9. The summed E-state index contributed by atoms with van der Waals surface area (Å²) in [6.07, 6.45) is 47.2. The highest BCUT2D eigenvalue weighted by atomic mass is 31.2. The summed E-state index contributed by atoms with van der Waals surface area (Å²) < 4.78 is 68.2. The minimum Gasteiger partial charge on any atom is -0.462 e. The number of hydrogen-bond acceptors (Lipinski definition) is 15. The SMILES string of the molecule is CCCCCCCCCCCCCCC(=O)O[C@H](COC(=O)CCCCCCCCC)COP(=O)(O)OC[C@H](O)COP(=O)(O)OC[C@@H](COC(=O)CCCCCCCCCCCC(C)C)OC(=O)CCCCCCCCCCCCCCCCC(C)CC. The highest BCUT2D eigenvalue weighted by Gasteiger charge is 2.30. The second-order valence-electron chi connectivity index (χ2n) is 26.0. The fourth-order valence-electron chi connectivity index (χ4n) is 10.6. The lowest BCUT2D eigenvalue weighted by molar-refractivity contribution is -0.161. The van der Waals surface area contributed by atoms with Crippen molar-refractivity contribution in [3.8, 4) is 0 Å². The van der Waals surface area contributed by atoms with E-state index in [2.05, 4.69) is 41.5 Å². The largest absolute Gasteiger partial charge is 0.472 e. The number of rotatable bonds is 69. The van der Waals surface area contributed by atoms with Gasteiger partial charge in [0.2, 0.25) is 0 Å². The molecule has 0 amide bonds. The number of unbranched alkanes of at least 4 members (excludes halogenated alkanes) is 38. The van der Waals surface area contributed by atoms with Crippen LogP contribution in [0.3, 0.4) is 0 Å². The van der Waals surface area contributed by atoms with Crippen LogP contribution in [0.5, 0.6) is 0 Å². The lowest BCUT2D eigenvalue weighted by Crippen LogP contribution is -2.30. The number of esters is 4. The lowest BCUT2D eigenvalue weighted by Gasteiger charge is -2.21. The minimum atomic E-state index is -4.95. The van der Waals surface area contributed by atoms with E-state index in [9.17, 15) is 43.2 Å². The summed E-state index contributed by atoms with van der Waals surface area (Å²) in [7, 11) is -9.89. The van der Waals surface area contributed by atoms with Gasteiger partial charge in [0.15, 0.2) is 12.2 Å². The number of ether oxygens (including phenoxy) is 4. The average molecular weight is 1310 g/mol. The van der Waals surface area contributed by atoms with E-state index >= 15 is 0 Å². The van der Waals surface area contributed by atoms with E-state index in [-0.39, 0.29) is 25.7 Å². The van der Waals surface area contributed by atoms with Gasteiger partial charge < -0.3 is 33.8 Å². The molecule has 6 atom stereocenters. The van der Waals surface area contributed by atoms with Gasteiger partial charge in [-0.3, -0.25) is 37.3 Å². The van der Waals surface area contributed by atoms with Gasteiger partial charge in [-0.1, -0.05) is 305 Å². The molecule has 0 heterocycles. The Balaban J connectivity index is 5.19. The summed E-state index contributed by atoms with van der Waals surface area (Å²) in [6, 6.07) is 0. The fraction of sp³-hybridized carbons (Fsp3) is 0.943. The van der Waals surface area contributed by atoms with Gasteiger partial charge in [-0.05, 0) is 37.5 Å². The van der Waals surface area contributed by atoms with Crippen molar-refractivity contribution in [2.75, 3.05) is 39.6 Å². The van der Waals surface area contributed by atoms with E-state index in [0.29, 0.717) is 25.7 Å². The first kappa shape index (κ1) is 87.1. The van der Waals surface area contributed by atoms with E-state index in [4.69, 9.17) is 37.0 Å². The fourth-order valence-corrected chi connectivity index (χ4v) is 12.1. The molecule has 0 radical (unpaired) electrons. The van der Waals surface area contributed by atoms with Gasteiger partial charge >= 0.3 is 39.5 Å². The molecule has 0 aliphatic rings. The Kier molecular flexibility index (Phi) is 60.8. The molecule has 0 rings (SSSR count). The van der Waals surface area contributed by atoms with Crippen molar-refractivity contribution in [1.82, 2.24) is 0 Å². The van der Waals surface area contributed by atoms with Gasteiger partial charge in [0.1, 0.15) is 19.3 Å². The molecule has 19 heteroatoms. The van der Waals surface area contributed by atoms with Crippen molar-refractivity contribution in [2.45, 2.75) is 374 Å². The van der Waals surface area contributed by atoms with Crippen LogP contribution in [0.4, 0.5) is 0 Å². The van der Waals surface area contributed by atoms with Gasteiger partial charge in [-0.15, -0.1) is 0 Å². The summed E-state index contributed by atoms with van der Waals surface area (Å²) in [4.78, 5) is 72.4. The molecular weight excluding hydrogens is 1170 g/mol. The Morgan fingerprint density at radius 1 is 0.326 bits per heavy atom. The Morgan fingerprint density at radius 2 is 0.573 bits per heavy atom. The van der Waals surface area contributed by atoms with E-state index in [1.54, 1.807) is 0 Å². The molecule has 3 N–H and O–H groups in total. The van der Waals surface area contributed by atoms with Crippen LogP contribution in [0.2, 0.25) is 0 Å². The van der Waals surface area contributed by atoms with E-state index in [1.165, 1.54) is 161 Å².